The van der Waals surface area contributed by atoms with Crippen LogP contribution in [0.25, 0.3) is 66.1 Å². The van der Waals surface area contributed by atoms with E-state index in [1.54, 1.807) is 0 Å². The fraction of sp³-hybridized carbons (Fsp3) is 0.0222. The molecule has 0 fully saturated rings. The molecule has 0 bridgehead atoms. The van der Waals surface area contributed by atoms with E-state index in [-0.39, 0.29) is 6.17 Å². The first-order valence-corrected chi connectivity index (χ1v) is 16.8. The van der Waals surface area contributed by atoms with Gasteiger partial charge in [-0.1, -0.05) is 133 Å². The minimum absolute atomic E-state index is 0.341. The monoisotopic (exact) mass is 643 g/mol. The van der Waals surface area contributed by atoms with Gasteiger partial charge in [0.2, 0.25) is 0 Å². The van der Waals surface area contributed by atoms with Crippen molar-refractivity contribution >= 4 is 55.5 Å². The van der Waals surface area contributed by atoms with Crippen LogP contribution in [0.5, 0.6) is 0 Å². The minimum atomic E-state index is -0.341. The Labute approximate surface area is 287 Å². The smallest absolute Gasteiger partial charge is 0.159 e. The van der Waals surface area contributed by atoms with E-state index in [1.807, 2.05) is 54.6 Å². The molecule has 0 saturated heterocycles. The summed E-state index contributed by atoms with van der Waals surface area (Å²) in [5, 5.41) is 7.94. The molecular weight excluding hydrogens is 615 g/mol. The number of furan rings is 2. The van der Waals surface area contributed by atoms with Crippen molar-refractivity contribution in [2.75, 3.05) is 0 Å². The maximum atomic E-state index is 6.54. The van der Waals surface area contributed by atoms with E-state index in [0.717, 1.165) is 83.1 Å². The van der Waals surface area contributed by atoms with E-state index < -0.39 is 0 Å². The summed E-state index contributed by atoms with van der Waals surface area (Å²) in [5.41, 5.74) is 10.9. The van der Waals surface area contributed by atoms with Crippen molar-refractivity contribution in [3.05, 3.63) is 180 Å². The van der Waals surface area contributed by atoms with Gasteiger partial charge in [-0.2, -0.15) is 0 Å². The van der Waals surface area contributed by atoms with Crippen molar-refractivity contribution in [1.82, 2.24) is 5.32 Å². The number of nitrogens with one attached hydrogen (secondary N) is 1. The molecule has 9 aromatic rings. The summed E-state index contributed by atoms with van der Waals surface area (Å²) in [7, 11) is 0. The Morgan fingerprint density at radius 1 is 0.440 bits per heavy atom. The average molecular weight is 644 g/mol. The Hall–Kier alpha value is -6.72. The van der Waals surface area contributed by atoms with Crippen LogP contribution in [0.1, 0.15) is 22.9 Å². The highest BCUT2D eigenvalue weighted by atomic mass is 16.3. The largest absolute Gasteiger partial charge is 0.456 e. The molecule has 1 unspecified atom stereocenters. The van der Waals surface area contributed by atoms with Gasteiger partial charge in [-0.05, 0) is 58.1 Å². The van der Waals surface area contributed by atoms with E-state index in [0.29, 0.717) is 5.84 Å². The first-order chi connectivity index (χ1) is 24.8. The highest BCUT2D eigenvalue weighted by Gasteiger charge is 2.25. The molecule has 1 aliphatic heterocycles. The molecule has 1 atom stereocenters. The summed E-state index contributed by atoms with van der Waals surface area (Å²) in [6.45, 7) is 0. The first-order valence-electron chi connectivity index (χ1n) is 16.8. The quantitative estimate of drug-likeness (QED) is 0.203. The zero-order valence-corrected chi connectivity index (χ0v) is 26.9. The van der Waals surface area contributed by atoms with Gasteiger partial charge in [-0.15, -0.1) is 0 Å². The lowest BCUT2D eigenvalue weighted by Crippen LogP contribution is -2.33. The summed E-state index contributed by atoms with van der Waals surface area (Å²) in [5.74, 6) is 1.43. The van der Waals surface area contributed by atoms with Crippen LogP contribution < -0.4 is 5.32 Å². The molecule has 0 saturated carbocycles. The van der Waals surface area contributed by atoms with Crippen LogP contribution in [0.3, 0.4) is 0 Å². The van der Waals surface area contributed by atoms with Gasteiger partial charge in [0.15, 0.2) is 5.84 Å². The van der Waals surface area contributed by atoms with Crippen LogP contribution in [0, 0.1) is 0 Å². The van der Waals surface area contributed by atoms with Crippen molar-refractivity contribution < 1.29 is 8.83 Å². The first kappa shape index (κ1) is 28.3. The molecule has 0 radical (unpaired) electrons. The fourth-order valence-electron chi connectivity index (χ4n) is 7.16. The van der Waals surface area contributed by atoms with Gasteiger partial charge in [-0.3, -0.25) is 0 Å². The molecule has 1 N–H and O–H groups in total. The predicted octanol–water partition coefficient (Wildman–Crippen LogP) is 11.3. The van der Waals surface area contributed by atoms with E-state index in [4.69, 9.17) is 18.8 Å². The molecular formula is C45H29N3O2. The number of aliphatic imine (C=N–C) groups is 2. The topological polar surface area (TPSA) is 63.0 Å². The van der Waals surface area contributed by atoms with Crippen molar-refractivity contribution in [3.8, 4) is 22.3 Å². The molecule has 0 aliphatic carbocycles. The Morgan fingerprint density at radius 2 is 1.02 bits per heavy atom. The molecule has 0 spiro atoms. The summed E-state index contributed by atoms with van der Waals surface area (Å²) in [4.78, 5) is 10.3. The second kappa shape index (κ2) is 11.5. The van der Waals surface area contributed by atoms with Crippen LogP contribution in [-0.4, -0.2) is 11.7 Å². The number of hydrogen-bond acceptors (Lipinski definition) is 5. The maximum absolute atomic E-state index is 6.54. The average Bonchev–Trinajstić information content (AvgIpc) is 3.77. The van der Waals surface area contributed by atoms with Crippen molar-refractivity contribution in [3.63, 3.8) is 0 Å². The van der Waals surface area contributed by atoms with E-state index in [2.05, 4.69) is 115 Å². The molecule has 7 aromatic carbocycles. The molecule has 3 heterocycles. The standard InChI is InChI=1S/C45H29N3O2/c1-3-11-28(12-4-1)29-21-23-31(24-22-29)44-46-43(30-13-5-2-6-14-30)47-45(48-44)35-17-10-20-40-42(35)41-33(16-9-19-39(41)50-40)32-25-26-38-36(27-32)34-15-7-8-18-37(34)49-38/h1-27,44H,(H,46,47,48). The zero-order valence-electron chi connectivity index (χ0n) is 26.9. The van der Waals surface area contributed by atoms with E-state index in [1.165, 1.54) is 5.56 Å². The normalized spacial score (nSPS) is 14.6. The maximum Gasteiger partial charge on any atom is 0.159 e. The number of hydrogen-bond donors (Lipinski definition) is 1. The summed E-state index contributed by atoms with van der Waals surface area (Å²) < 4.78 is 12.7. The highest BCUT2D eigenvalue weighted by molar-refractivity contribution is 6.24. The Bertz CT molecular complexity index is 2770. The van der Waals surface area contributed by atoms with Gasteiger partial charge in [0.1, 0.15) is 34.3 Å². The lowest BCUT2D eigenvalue weighted by molar-refractivity contribution is 0.668. The van der Waals surface area contributed by atoms with Gasteiger partial charge in [-0.25, -0.2) is 9.98 Å². The predicted molar refractivity (Wildman–Crippen MR) is 204 cm³/mol. The third kappa shape index (κ3) is 4.71. The fourth-order valence-corrected chi connectivity index (χ4v) is 7.16. The molecule has 5 heteroatoms. The number of para-hydroxylation sites is 1. The van der Waals surface area contributed by atoms with Crippen molar-refractivity contribution in [2.24, 2.45) is 9.98 Å². The van der Waals surface area contributed by atoms with Crippen LogP contribution in [0.4, 0.5) is 0 Å². The summed E-state index contributed by atoms with van der Waals surface area (Å²) >= 11 is 0. The number of nitrogens with zero attached hydrogens (tertiary/aromatic N) is 2. The van der Waals surface area contributed by atoms with Gasteiger partial charge in [0.25, 0.3) is 0 Å². The van der Waals surface area contributed by atoms with E-state index in [9.17, 15) is 0 Å². The molecule has 236 valence electrons. The number of fused-ring (bicyclic) bond motifs is 6. The lowest BCUT2D eigenvalue weighted by atomic mass is 9.95. The molecule has 1 aliphatic rings. The summed E-state index contributed by atoms with van der Waals surface area (Å²) in [6.07, 6.45) is -0.341. The number of benzene rings is 7. The van der Waals surface area contributed by atoms with Crippen molar-refractivity contribution in [1.29, 1.82) is 0 Å². The lowest BCUT2D eigenvalue weighted by Gasteiger charge is -2.24. The number of amidine groups is 2. The molecule has 5 nitrogen and oxygen atoms in total. The minimum Gasteiger partial charge on any atom is -0.456 e. The van der Waals surface area contributed by atoms with Crippen LogP contribution in [0.15, 0.2) is 183 Å². The van der Waals surface area contributed by atoms with Gasteiger partial charge < -0.3 is 14.2 Å². The second-order valence-corrected chi connectivity index (χ2v) is 12.6. The molecule has 0 amide bonds. The van der Waals surface area contributed by atoms with Gasteiger partial charge in [0, 0.05) is 32.7 Å². The zero-order chi connectivity index (χ0) is 33.0. The van der Waals surface area contributed by atoms with Crippen LogP contribution >= 0.6 is 0 Å². The Kier molecular flexibility index (Phi) is 6.49. The Morgan fingerprint density at radius 3 is 1.80 bits per heavy atom. The van der Waals surface area contributed by atoms with Gasteiger partial charge >= 0.3 is 0 Å². The third-order valence-corrected chi connectivity index (χ3v) is 9.57. The van der Waals surface area contributed by atoms with Crippen molar-refractivity contribution in [2.45, 2.75) is 6.17 Å². The second-order valence-electron chi connectivity index (χ2n) is 12.6. The van der Waals surface area contributed by atoms with E-state index >= 15 is 0 Å². The molecule has 10 rings (SSSR count). The van der Waals surface area contributed by atoms with Crippen LogP contribution in [0.2, 0.25) is 0 Å². The third-order valence-electron chi connectivity index (χ3n) is 9.57. The Balaban J connectivity index is 1.13. The SMILES string of the molecule is c1ccc(C2=NC(c3ccc(-c4ccccc4)cc3)NC(c3cccc4oc5cccc(-c6ccc7oc8ccccc8c7c6)c5c34)=N2)cc1. The number of rotatable bonds is 5. The highest BCUT2D eigenvalue weighted by Crippen LogP contribution is 2.41. The molecule has 50 heavy (non-hydrogen) atoms. The summed E-state index contributed by atoms with van der Waals surface area (Å²) in [6, 6.07) is 56.3. The van der Waals surface area contributed by atoms with Crippen LogP contribution in [-0.2, 0) is 0 Å². The molecule has 2 aromatic heterocycles. The van der Waals surface area contributed by atoms with Gasteiger partial charge in [0.05, 0.1) is 0 Å².